The first-order valence-corrected chi connectivity index (χ1v) is 6.08. The Morgan fingerprint density at radius 2 is 2.05 bits per heavy atom. The Hall–Kier alpha value is -2.48. The summed E-state index contributed by atoms with van der Waals surface area (Å²) in [6.45, 7) is 4.57. The molecule has 0 aliphatic heterocycles. The topological polar surface area (TPSA) is 91.0 Å². The summed E-state index contributed by atoms with van der Waals surface area (Å²) in [5.41, 5.74) is 2.13. The SMILES string of the molecule is CC(=N)[C@H](C#N)C(=O)COC(=O)c1ccc(C)cc1C. The molecule has 0 aliphatic rings. The van der Waals surface area contributed by atoms with Gasteiger partial charge in [-0.25, -0.2) is 4.79 Å². The number of hydrogen-bond acceptors (Lipinski definition) is 5. The summed E-state index contributed by atoms with van der Waals surface area (Å²) in [4.78, 5) is 23.5. The summed E-state index contributed by atoms with van der Waals surface area (Å²) < 4.78 is 4.91. The second-order valence-corrected chi connectivity index (χ2v) is 4.61. The van der Waals surface area contributed by atoms with Crippen LogP contribution in [0, 0.1) is 36.5 Å². The van der Waals surface area contributed by atoms with Gasteiger partial charge in [-0.15, -0.1) is 0 Å². The Morgan fingerprint density at radius 3 is 2.55 bits per heavy atom. The van der Waals surface area contributed by atoms with Gasteiger partial charge in [-0.3, -0.25) is 4.79 Å². The summed E-state index contributed by atoms with van der Waals surface area (Å²) in [6, 6.07) is 6.99. The number of rotatable bonds is 5. The minimum atomic E-state index is -1.15. The molecule has 1 aromatic rings. The number of ketones is 1. The van der Waals surface area contributed by atoms with Crippen LogP contribution in [0.25, 0.3) is 0 Å². The standard InChI is InChI=1S/C15H16N2O3/c1-9-4-5-12(10(2)6-9)15(19)20-8-14(18)13(7-16)11(3)17/h4-6,13,17H,8H2,1-3H3/t13-/m0/s1. The van der Waals surface area contributed by atoms with Crippen LogP contribution in [0.3, 0.4) is 0 Å². The average Bonchev–Trinajstić information content (AvgIpc) is 2.36. The lowest BCUT2D eigenvalue weighted by Gasteiger charge is -2.09. The average molecular weight is 272 g/mol. The molecule has 0 unspecified atom stereocenters. The molecular formula is C15H16N2O3. The van der Waals surface area contributed by atoms with Crippen molar-refractivity contribution >= 4 is 17.5 Å². The van der Waals surface area contributed by atoms with Gasteiger partial charge < -0.3 is 10.1 Å². The number of ether oxygens (including phenoxy) is 1. The Labute approximate surface area is 117 Å². The number of carbonyl (C=O) groups excluding carboxylic acids is 2. The number of carbonyl (C=O) groups is 2. The fraction of sp³-hybridized carbons (Fsp3) is 0.333. The number of Topliss-reactive ketones (excluding diaryl/α,β-unsaturated/α-hetero) is 1. The molecule has 0 bridgehead atoms. The van der Waals surface area contributed by atoms with Gasteiger partial charge in [-0.05, 0) is 32.4 Å². The maximum atomic E-state index is 11.9. The minimum Gasteiger partial charge on any atom is -0.454 e. The highest BCUT2D eigenvalue weighted by molar-refractivity contribution is 6.06. The number of esters is 1. The van der Waals surface area contributed by atoms with Crippen LogP contribution >= 0.6 is 0 Å². The molecule has 0 fully saturated rings. The van der Waals surface area contributed by atoms with E-state index in [1.165, 1.54) is 6.92 Å². The van der Waals surface area contributed by atoms with Crippen LogP contribution in [-0.4, -0.2) is 24.1 Å². The summed E-state index contributed by atoms with van der Waals surface area (Å²) in [5.74, 6) is -2.34. The van der Waals surface area contributed by atoms with Crippen molar-refractivity contribution in [2.75, 3.05) is 6.61 Å². The first-order valence-electron chi connectivity index (χ1n) is 6.08. The summed E-state index contributed by atoms with van der Waals surface area (Å²) in [7, 11) is 0. The van der Waals surface area contributed by atoms with Gasteiger partial charge in [-0.1, -0.05) is 17.7 Å². The van der Waals surface area contributed by atoms with Gasteiger partial charge >= 0.3 is 5.97 Å². The van der Waals surface area contributed by atoms with E-state index in [-0.39, 0.29) is 5.71 Å². The molecular weight excluding hydrogens is 256 g/mol. The first-order chi connectivity index (χ1) is 9.36. The molecule has 1 rings (SSSR count). The van der Waals surface area contributed by atoms with Crippen molar-refractivity contribution in [3.05, 3.63) is 34.9 Å². The number of nitrogens with zero attached hydrogens (tertiary/aromatic N) is 1. The normalized spacial score (nSPS) is 11.3. The van der Waals surface area contributed by atoms with Crippen LogP contribution in [-0.2, 0) is 9.53 Å². The predicted octanol–water partition coefficient (Wildman–Crippen LogP) is 2.21. The molecule has 0 heterocycles. The molecule has 1 N–H and O–H groups in total. The van der Waals surface area contributed by atoms with Crippen molar-refractivity contribution in [1.82, 2.24) is 0 Å². The van der Waals surface area contributed by atoms with Gasteiger partial charge in [0.05, 0.1) is 11.6 Å². The van der Waals surface area contributed by atoms with E-state index in [4.69, 9.17) is 15.4 Å². The third-order valence-corrected chi connectivity index (χ3v) is 2.83. The Kier molecular flexibility index (Phi) is 5.15. The van der Waals surface area contributed by atoms with Gasteiger partial charge in [0.25, 0.3) is 0 Å². The molecule has 5 heteroatoms. The number of nitriles is 1. The lowest BCUT2D eigenvalue weighted by atomic mass is 10.0. The van der Waals surface area contributed by atoms with Gasteiger partial charge in [0.1, 0.15) is 5.92 Å². The van der Waals surface area contributed by atoms with Crippen LogP contribution in [0.5, 0.6) is 0 Å². The van der Waals surface area contributed by atoms with Crippen LogP contribution in [0.4, 0.5) is 0 Å². The van der Waals surface area contributed by atoms with Gasteiger partial charge in [0.15, 0.2) is 12.4 Å². The molecule has 0 radical (unpaired) electrons. The Morgan fingerprint density at radius 1 is 1.40 bits per heavy atom. The van der Waals surface area contributed by atoms with Gasteiger partial charge in [0, 0.05) is 5.71 Å². The molecule has 0 saturated carbocycles. The van der Waals surface area contributed by atoms with E-state index in [2.05, 4.69) is 0 Å². The van der Waals surface area contributed by atoms with Crippen LogP contribution in [0.1, 0.15) is 28.4 Å². The van der Waals surface area contributed by atoms with Gasteiger partial charge in [0.2, 0.25) is 0 Å². The van der Waals surface area contributed by atoms with Crippen LogP contribution < -0.4 is 0 Å². The van der Waals surface area contributed by atoms with Crippen molar-refractivity contribution in [3.63, 3.8) is 0 Å². The quantitative estimate of drug-likeness (QED) is 0.657. The summed E-state index contributed by atoms with van der Waals surface area (Å²) >= 11 is 0. The smallest absolute Gasteiger partial charge is 0.338 e. The lowest BCUT2D eigenvalue weighted by molar-refractivity contribution is -0.122. The minimum absolute atomic E-state index is 0.0555. The zero-order valence-electron chi connectivity index (χ0n) is 11.7. The monoisotopic (exact) mass is 272 g/mol. The van der Waals surface area contributed by atoms with E-state index in [1.807, 2.05) is 13.0 Å². The first kappa shape index (κ1) is 15.6. The zero-order valence-corrected chi connectivity index (χ0v) is 11.7. The second kappa shape index (κ2) is 6.62. The largest absolute Gasteiger partial charge is 0.454 e. The van der Waals surface area contributed by atoms with E-state index in [0.717, 1.165) is 11.1 Å². The predicted molar refractivity (Wildman–Crippen MR) is 73.7 cm³/mol. The molecule has 1 aromatic carbocycles. The third-order valence-electron chi connectivity index (χ3n) is 2.83. The molecule has 0 amide bonds. The van der Waals surface area contributed by atoms with E-state index < -0.39 is 24.3 Å². The molecule has 0 spiro atoms. The van der Waals surface area contributed by atoms with Crippen LogP contribution in [0.2, 0.25) is 0 Å². The zero-order chi connectivity index (χ0) is 15.3. The van der Waals surface area contributed by atoms with E-state index in [1.54, 1.807) is 25.1 Å². The van der Waals surface area contributed by atoms with Crippen molar-refractivity contribution < 1.29 is 14.3 Å². The molecule has 0 saturated heterocycles. The van der Waals surface area contributed by atoms with Crippen molar-refractivity contribution in [2.24, 2.45) is 5.92 Å². The highest BCUT2D eigenvalue weighted by atomic mass is 16.5. The second-order valence-electron chi connectivity index (χ2n) is 4.61. The van der Waals surface area contributed by atoms with Crippen LogP contribution in [0.15, 0.2) is 18.2 Å². The number of nitrogens with one attached hydrogen (secondary N) is 1. The molecule has 5 nitrogen and oxygen atoms in total. The number of benzene rings is 1. The molecule has 0 aliphatic carbocycles. The fourth-order valence-corrected chi connectivity index (χ4v) is 1.75. The van der Waals surface area contributed by atoms with E-state index in [0.29, 0.717) is 5.56 Å². The molecule has 0 aromatic heterocycles. The fourth-order valence-electron chi connectivity index (χ4n) is 1.75. The van der Waals surface area contributed by atoms with Gasteiger partial charge in [-0.2, -0.15) is 5.26 Å². The summed E-state index contributed by atoms with van der Waals surface area (Å²) in [6.07, 6.45) is 0. The summed E-state index contributed by atoms with van der Waals surface area (Å²) in [5, 5.41) is 16.1. The van der Waals surface area contributed by atoms with Crippen molar-refractivity contribution in [2.45, 2.75) is 20.8 Å². The Balaban J connectivity index is 2.71. The van der Waals surface area contributed by atoms with Crippen molar-refractivity contribution in [1.29, 1.82) is 10.7 Å². The number of aryl methyl sites for hydroxylation is 2. The molecule has 20 heavy (non-hydrogen) atoms. The lowest BCUT2D eigenvalue weighted by Crippen LogP contribution is -2.25. The molecule has 104 valence electrons. The highest BCUT2D eigenvalue weighted by Crippen LogP contribution is 2.12. The Bertz CT molecular complexity index is 600. The third kappa shape index (κ3) is 3.75. The number of hydrogen-bond donors (Lipinski definition) is 1. The van der Waals surface area contributed by atoms with Crippen molar-refractivity contribution in [3.8, 4) is 6.07 Å². The maximum absolute atomic E-state index is 11.9. The van der Waals surface area contributed by atoms with E-state index >= 15 is 0 Å². The van der Waals surface area contributed by atoms with E-state index in [9.17, 15) is 9.59 Å². The maximum Gasteiger partial charge on any atom is 0.338 e. The molecule has 1 atom stereocenters. The highest BCUT2D eigenvalue weighted by Gasteiger charge is 2.22.